The molecule has 1 fully saturated rings. The highest BCUT2D eigenvalue weighted by Gasteiger charge is 2.22. The molecule has 6 nitrogen and oxygen atoms in total. The van der Waals surface area contributed by atoms with Gasteiger partial charge in [0.1, 0.15) is 5.69 Å². The first kappa shape index (κ1) is 17.5. The summed E-state index contributed by atoms with van der Waals surface area (Å²) < 4.78 is 14.6. The minimum atomic E-state index is -0.492. The number of hydrogen-bond donors (Lipinski definition) is 0. The lowest BCUT2D eigenvalue weighted by atomic mass is 10.1. The Kier molecular flexibility index (Phi) is 5.08. The van der Waals surface area contributed by atoms with Crippen molar-refractivity contribution in [1.82, 2.24) is 9.13 Å². The summed E-state index contributed by atoms with van der Waals surface area (Å²) >= 11 is 0. The van der Waals surface area contributed by atoms with Gasteiger partial charge in [-0.3, -0.25) is 4.79 Å². The number of ether oxygens (including phenoxy) is 2. The first-order chi connectivity index (χ1) is 12.0. The Morgan fingerprint density at radius 2 is 2.16 bits per heavy atom. The number of esters is 1. The van der Waals surface area contributed by atoms with E-state index in [1.807, 2.05) is 19.9 Å². The third-order valence-electron chi connectivity index (χ3n) is 4.77. The van der Waals surface area contributed by atoms with Crippen LogP contribution in [0.15, 0.2) is 24.4 Å². The molecule has 2 aromatic heterocycles. The molecule has 1 aliphatic rings. The van der Waals surface area contributed by atoms with Gasteiger partial charge in [0.25, 0.3) is 0 Å². The molecule has 134 valence electrons. The zero-order valence-corrected chi connectivity index (χ0v) is 14.9. The molecular weight excluding hydrogens is 320 g/mol. The van der Waals surface area contributed by atoms with Crippen molar-refractivity contribution in [3.63, 3.8) is 0 Å². The van der Waals surface area contributed by atoms with E-state index >= 15 is 0 Å². The van der Waals surface area contributed by atoms with Crippen LogP contribution in [-0.2, 0) is 23.1 Å². The van der Waals surface area contributed by atoms with Gasteiger partial charge in [-0.15, -0.1) is 0 Å². The normalized spacial score (nSPS) is 17.0. The summed E-state index contributed by atoms with van der Waals surface area (Å²) in [6, 6.07) is 5.29. The summed E-state index contributed by atoms with van der Waals surface area (Å²) in [6.07, 6.45) is 4.11. The van der Waals surface area contributed by atoms with Crippen LogP contribution in [0.5, 0.6) is 0 Å². The third-order valence-corrected chi connectivity index (χ3v) is 4.77. The lowest BCUT2D eigenvalue weighted by molar-refractivity contribution is 0.0465. The molecule has 25 heavy (non-hydrogen) atoms. The standard InChI is InChI=1S/C19H24N2O4/c1-13-10-16(14(2)21(13)11-15-6-5-9-24-15)18(22)12-25-19(23)17-7-4-8-20(17)3/h4,7-8,10,15H,5-6,9,11-12H2,1-3H3/t15-/m1/s1. The van der Waals surface area contributed by atoms with Crippen molar-refractivity contribution in [2.45, 2.75) is 39.3 Å². The van der Waals surface area contributed by atoms with E-state index in [0.717, 1.165) is 37.4 Å². The molecule has 0 saturated carbocycles. The Balaban J connectivity index is 1.66. The maximum Gasteiger partial charge on any atom is 0.355 e. The molecule has 1 aliphatic heterocycles. The largest absolute Gasteiger partial charge is 0.453 e. The quantitative estimate of drug-likeness (QED) is 0.597. The van der Waals surface area contributed by atoms with E-state index in [9.17, 15) is 9.59 Å². The van der Waals surface area contributed by atoms with Gasteiger partial charge in [0.05, 0.1) is 6.10 Å². The number of rotatable bonds is 6. The third kappa shape index (κ3) is 3.69. The predicted molar refractivity (Wildman–Crippen MR) is 92.9 cm³/mol. The van der Waals surface area contributed by atoms with Gasteiger partial charge in [0.2, 0.25) is 5.78 Å². The number of hydrogen-bond acceptors (Lipinski definition) is 4. The van der Waals surface area contributed by atoms with Crippen molar-refractivity contribution in [2.24, 2.45) is 7.05 Å². The first-order valence-corrected chi connectivity index (χ1v) is 8.57. The van der Waals surface area contributed by atoms with Crippen LogP contribution in [0.4, 0.5) is 0 Å². The monoisotopic (exact) mass is 344 g/mol. The number of Topliss-reactive ketones (excluding diaryl/α,β-unsaturated/α-hetero) is 1. The fourth-order valence-corrected chi connectivity index (χ4v) is 3.31. The van der Waals surface area contributed by atoms with Crippen molar-refractivity contribution < 1.29 is 19.1 Å². The van der Waals surface area contributed by atoms with Crippen LogP contribution in [0.3, 0.4) is 0 Å². The van der Waals surface area contributed by atoms with E-state index in [0.29, 0.717) is 11.3 Å². The fourth-order valence-electron chi connectivity index (χ4n) is 3.31. The second-order valence-electron chi connectivity index (χ2n) is 6.53. The molecule has 3 heterocycles. The van der Waals surface area contributed by atoms with Gasteiger partial charge in [-0.25, -0.2) is 4.79 Å². The van der Waals surface area contributed by atoms with E-state index in [-0.39, 0.29) is 18.5 Å². The predicted octanol–water partition coefficient (Wildman–Crippen LogP) is 2.66. The van der Waals surface area contributed by atoms with E-state index in [1.165, 1.54) is 0 Å². The molecule has 0 amide bonds. The van der Waals surface area contributed by atoms with Crippen LogP contribution in [0, 0.1) is 13.8 Å². The molecule has 0 unspecified atom stereocenters. The number of aromatic nitrogens is 2. The molecule has 0 radical (unpaired) electrons. The Hall–Kier alpha value is -2.34. The van der Waals surface area contributed by atoms with E-state index < -0.39 is 5.97 Å². The van der Waals surface area contributed by atoms with Crippen molar-refractivity contribution in [3.8, 4) is 0 Å². The molecule has 0 aliphatic carbocycles. The van der Waals surface area contributed by atoms with Crippen LogP contribution >= 0.6 is 0 Å². The summed E-state index contributed by atoms with van der Waals surface area (Å²) in [5, 5.41) is 0. The summed E-state index contributed by atoms with van der Waals surface area (Å²) in [7, 11) is 1.76. The van der Waals surface area contributed by atoms with Gasteiger partial charge in [0.15, 0.2) is 6.61 Å². The van der Waals surface area contributed by atoms with E-state index in [2.05, 4.69) is 4.57 Å². The average molecular weight is 344 g/mol. The topological polar surface area (TPSA) is 62.5 Å². The van der Waals surface area contributed by atoms with Gasteiger partial charge in [0, 0.05) is 43.3 Å². The Morgan fingerprint density at radius 3 is 2.80 bits per heavy atom. The Morgan fingerprint density at radius 1 is 1.36 bits per heavy atom. The molecule has 6 heteroatoms. The lowest BCUT2D eigenvalue weighted by Crippen LogP contribution is -2.18. The Bertz CT molecular complexity index is 781. The van der Waals surface area contributed by atoms with Crippen molar-refractivity contribution in [2.75, 3.05) is 13.2 Å². The number of aryl methyl sites for hydroxylation is 2. The molecule has 3 rings (SSSR count). The molecule has 0 N–H and O–H groups in total. The van der Waals surface area contributed by atoms with Gasteiger partial charge in [-0.05, 0) is 44.9 Å². The van der Waals surface area contributed by atoms with Gasteiger partial charge < -0.3 is 18.6 Å². The summed E-state index contributed by atoms with van der Waals surface area (Å²) in [5.74, 6) is -0.678. The average Bonchev–Trinajstić information content (AvgIpc) is 3.30. The van der Waals surface area contributed by atoms with Crippen LogP contribution in [0.25, 0.3) is 0 Å². The number of nitrogens with zero attached hydrogens (tertiary/aromatic N) is 2. The van der Waals surface area contributed by atoms with Crippen LogP contribution in [0.1, 0.15) is 45.1 Å². The summed E-state index contributed by atoms with van der Waals surface area (Å²) in [5.41, 5.74) is 2.95. The fraction of sp³-hybridized carbons (Fsp3) is 0.474. The zero-order chi connectivity index (χ0) is 18.0. The minimum absolute atomic E-state index is 0.186. The molecule has 0 spiro atoms. The second-order valence-corrected chi connectivity index (χ2v) is 6.53. The molecule has 0 bridgehead atoms. The SMILES string of the molecule is Cc1cc(C(=O)COC(=O)c2cccn2C)c(C)n1C[C@H]1CCCO1. The number of carbonyl (C=O) groups is 2. The van der Waals surface area contributed by atoms with E-state index in [4.69, 9.17) is 9.47 Å². The summed E-state index contributed by atoms with van der Waals surface area (Å²) in [6.45, 7) is 5.22. The molecule has 1 saturated heterocycles. The molecular formula is C19H24N2O4. The minimum Gasteiger partial charge on any atom is -0.453 e. The van der Waals surface area contributed by atoms with Crippen molar-refractivity contribution >= 4 is 11.8 Å². The molecule has 2 aromatic rings. The smallest absolute Gasteiger partial charge is 0.355 e. The molecule has 1 atom stereocenters. The highest BCUT2D eigenvalue weighted by Crippen LogP contribution is 2.21. The second kappa shape index (κ2) is 7.27. The highest BCUT2D eigenvalue weighted by atomic mass is 16.5. The maximum atomic E-state index is 12.5. The van der Waals surface area contributed by atoms with Gasteiger partial charge in [-0.2, -0.15) is 0 Å². The first-order valence-electron chi connectivity index (χ1n) is 8.57. The number of ketones is 1. The lowest BCUT2D eigenvalue weighted by Gasteiger charge is -2.14. The zero-order valence-electron chi connectivity index (χ0n) is 14.9. The van der Waals surface area contributed by atoms with Crippen molar-refractivity contribution in [1.29, 1.82) is 0 Å². The van der Waals surface area contributed by atoms with Crippen LogP contribution < -0.4 is 0 Å². The van der Waals surface area contributed by atoms with Gasteiger partial charge in [-0.1, -0.05) is 0 Å². The maximum absolute atomic E-state index is 12.5. The summed E-state index contributed by atoms with van der Waals surface area (Å²) in [4.78, 5) is 24.5. The highest BCUT2D eigenvalue weighted by molar-refractivity contribution is 6.00. The van der Waals surface area contributed by atoms with Crippen LogP contribution in [-0.4, -0.2) is 40.2 Å². The van der Waals surface area contributed by atoms with E-state index in [1.54, 1.807) is 29.9 Å². The van der Waals surface area contributed by atoms with Gasteiger partial charge >= 0.3 is 5.97 Å². The Labute approximate surface area is 147 Å². The van der Waals surface area contributed by atoms with Crippen molar-refractivity contribution in [3.05, 3.63) is 47.0 Å². The van der Waals surface area contributed by atoms with Crippen LogP contribution in [0.2, 0.25) is 0 Å². The molecule has 0 aromatic carbocycles. The number of carbonyl (C=O) groups excluding carboxylic acids is 2.